The Kier molecular flexibility index (Phi) is 3.99. The number of ether oxygens (including phenoxy) is 1. The van der Waals surface area contributed by atoms with Crippen LogP contribution in [-0.2, 0) is 4.74 Å². The van der Waals surface area contributed by atoms with Gasteiger partial charge in [0.15, 0.2) is 0 Å². The fraction of sp³-hybridized carbons (Fsp3) is 0.500. The predicted molar refractivity (Wildman–Crippen MR) is 84.6 cm³/mol. The summed E-state index contributed by atoms with van der Waals surface area (Å²) in [5.41, 5.74) is 0.789. The van der Waals surface area contributed by atoms with Crippen LogP contribution in [0, 0.1) is 6.92 Å². The lowest BCUT2D eigenvalue weighted by Gasteiger charge is -2.26. The van der Waals surface area contributed by atoms with Gasteiger partial charge in [0.2, 0.25) is 5.95 Å². The highest BCUT2D eigenvalue weighted by Crippen LogP contribution is 2.35. The summed E-state index contributed by atoms with van der Waals surface area (Å²) in [6, 6.07) is 0. The third kappa shape index (κ3) is 2.58. The highest BCUT2D eigenvalue weighted by molar-refractivity contribution is 7.20. The first-order valence-corrected chi connectivity index (χ1v) is 8.11. The zero-order chi connectivity index (χ0) is 15.0. The van der Waals surface area contributed by atoms with Crippen molar-refractivity contribution >= 4 is 45.1 Å². The molecular weight excluding hydrogens is 310 g/mol. The average Bonchev–Trinajstić information content (AvgIpc) is 2.85. The maximum absolute atomic E-state index is 11.8. The van der Waals surface area contributed by atoms with Crippen LogP contribution in [0.1, 0.15) is 34.5 Å². The number of halogens is 1. The number of fused-ring (bicyclic) bond motifs is 1. The van der Waals surface area contributed by atoms with Gasteiger partial charge in [0, 0.05) is 13.1 Å². The number of esters is 1. The van der Waals surface area contributed by atoms with E-state index in [1.54, 1.807) is 0 Å². The molecule has 3 rings (SSSR count). The van der Waals surface area contributed by atoms with Crippen LogP contribution in [0.25, 0.3) is 10.2 Å². The van der Waals surface area contributed by atoms with Crippen LogP contribution in [0.3, 0.4) is 0 Å². The SMILES string of the molecule is COC(=O)c1sc2nc(N3CCCCC3)nc(Cl)c2c1C. The van der Waals surface area contributed by atoms with E-state index in [9.17, 15) is 4.79 Å². The van der Waals surface area contributed by atoms with Gasteiger partial charge in [-0.2, -0.15) is 0 Å². The van der Waals surface area contributed by atoms with E-state index in [2.05, 4.69) is 14.9 Å². The highest BCUT2D eigenvalue weighted by atomic mass is 35.5. The third-order valence-corrected chi connectivity index (χ3v) is 5.18. The summed E-state index contributed by atoms with van der Waals surface area (Å²) in [7, 11) is 1.37. The molecule has 1 fully saturated rings. The van der Waals surface area contributed by atoms with Crippen LogP contribution in [0.2, 0.25) is 5.15 Å². The molecule has 0 saturated carbocycles. The van der Waals surface area contributed by atoms with Gasteiger partial charge in [-0.1, -0.05) is 11.6 Å². The van der Waals surface area contributed by atoms with Gasteiger partial charge < -0.3 is 9.64 Å². The van der Waals surface area contributed by atoms with E-state index < -0.39 is 0 Å². The molecule has 7 heteroatoms. The van der Waals surface area contributed by atoms with Gasteiger partial charge >= 0.3 is 5.97 Å². The first kappa shape index (κ1) is 14.5. The number of methoxy groups -OCH3 is 1. The van der Waals surface area contributed by atoms with E-state index in [-0.39, 0.29) is 5.97 Å². The standard InChI is InChI=1S/C14H16ClN3O2S/c1-8-9-11(15)16-14(18-6-4-3-5-7-18)17-12(9)21-10(8)13(19)20-2/h3-7H2,1-2H3. The van der Waals surface area contributed by atoms with Crippen LogP contribution in [-0.4, -0.2) is 36.1 Å². The fourth-order valence-corrected chi connectivity index (χ4v) is 4.06. The summed E-state index contributed by atoms with van der Waals surface area (Å²) in [6.07, 6.45) is 3.54. The van der Waals surface area contributed by atoms with Crippen LogP contribution < -0.4 is 4.90 Å². The van der Waals surface area contributed by atoms with Gasteiger partial charge in [0.1, 0.15) is 14.9 Å². The normalized spacial score (nSPS) is 15.5. The number of thiophene rings is 1. The molecule has 0 amide bonds. The largest absolute Gasteiger partial charge is 0.465 e. The molecule has 1 aliphatic heterocycles. The lowest BCUT2D eigenvalue weighted by molar-refractivity contribution is 0.0605. The molecule has 0 atom stereocenters. The minimum Gasteiger partial charge on any atom is -0.465 e. The molecule has 0 unspecified atom stereocenters. The van der Waals surface area contributed by atoms with Crippen molar-refractivity contribution in [1.82, 2.24) is 9.97 Å². The maximum atomic E-state index is 11.8. The Morgan fingerprint density at radius 1 is 1.29 bits per heavy atom. The minimum atomic E-state index is -0.355. The monoisotopic (exact) mass is 325 g/mol. The summed E-state index contributed by atoms with van der Waals surface area (Å²) >= 11 is 7.64. The van der Waals surface area contributed by atoms with Crippen molar-refractivity contribution in [3.8, 4) is 0 Å². The fourth-order valence-electron chi connectivity index (χ4n) is 2.60. The summed E-state index contributed by atoms with van der Waals surface area (Å²) in [4.78, 5) is 24.2. The summed E-state index contributed by atoms with van der Waals surface area (Å²) in [6.45, 7) is 3.76. The Hall–Kier alpha value is -1.40. The van der Waals surface area contributed by atoms with Gasteiger partial charge in [-0.05, 0) is 31.7 Å². The predicted octanol–water partition coefficient (Wildman–Crippen LogP) is 3.43. The maximum Gasteiger partial charge on any atom is 0.348 e. The van der Waals surface area contributed by atoms with E-state index >= 15 is 0 Å². The number of hydrogen-bond donors (Lipinski definition) is 0. The van der Waals surface area contributed by atoms with Crippen molar-refractivity contribution in [2.45, 2.75) is 26.2 Å². The van der Waals surface area contributed by atoms with Gasteiger partial charge in [-0.25, -0.2) is 14.8 Å². The number of nitrogens with zero attached hydrogens (tertiary/aromatic N) is 3. The summed E-state index contributed by atoms with van der Waals surface area (Å²) in [5, 5.41) is 1.16. The molecule has 0 spiro atoms. The average molecular weight is 326 g/mol. The number of hydrogen-bond acceptors (Lipinski definition) is 6. The second-order valence-corrected chi connectivity index (χ2v) is 6.45. The van der Waals surface area contributed by atoms with E-state index in [1.165, 1.54) is 24.9 Å². The molecule has 0 bridgehead atoms. The van der Waals surface area contributed by atoms with Crippen LogP contribution in [0.4, 0.5) is 5.95 Å². The zero-order valence-corrected chi connectivity index (χ0v) is 13.6. The number of carbonyl (C=O) groups is 1. The van der Waals surface area contributed by atoms with Gasteiger partial charge in [0.25, 0.3) is 0 Å². The van der Waals surface area contributed by atoms with Crippen molar-refractivity contribution in [2.75, 3.05) is 25.1 Å². The number of anilines is 1. The van der Waals surface area contributed by atoms with Crippen molar-refractivity contribution in [1.29, 1.82) is 0 Å². The Bertz CT molecular complexity index is 695. The highest BCUT2D eigenvalue weighted by Gasteiger charge is 2.22. The molecular formula is C14H16ClN3O2S. The van der Waals surface area contributed by atoms with Gasteiger partial charge in [-0.15, -0.1) is 11.3 Å². The van der Waals surface area contributed by atoms with E-state index in [0.717, 1.165) is 41.7 Å². The smallest absolute Gasteiger partial charge is 0.348 e. The second kappa shape index (κ2) is 5.77. The molecule has 21 heavy (non-hydrogen) atoms. The molecule has 0 radical (unpaired) electrons. The number of piperidine rings is 1. The van der Waals surface area contributed by atoms with Crippen molar-refractivity contribution in [3.63, 3.8) is 0 Å². The molecule has 112 valence electrons. The lowest BCUT2D eigenvalue weighted by Crippen LogP contribution is -2.30. The lowest BCUT2D eigenvalue weighted by atomic mass is 10.1. The topological polar surface area (TPSA) is 55.3 Å². The molecule has 0 aliphatic carbocycles. The molecule has 0 N–H and O–H groups in total. The Morgan fingerprint density at radius 3 is 2.67 bits per heavy atom. The van der Waals surface area contributed by atoms with Crippen LogP contribution >= 0.6 is 22.9 Å². The molecule has 3 heterocycles. The summed E-state index contributed by atoms with van der Waals surface area (Å²) < 4.78 is 4.80. The molecule has 0 aromatic carbocycles. The van der Waals surface area contributed by atoms with Crippen LogP contribution in [0.15, 0.2) is 0 Å². The van der Waals surface area contributed by atoms with E-state index in [0.29, 0.717) is 16.0 Å². The molecule has 5 nitrogen and oxygen atoms in total. The number of carbonyl (C=O) groups excluding carboxylic acids is 1. The third-order valence-electron chi connectivity index (χ3n) is 3.74. The molecule has 2 aromatic heterocycles. The van der Waals surface area contributed by atoms with Gasteiger partial charge in [-0.3, -0.25) is 0 Å². The Labute approximate surface area is 131 Å². The van der Waals surface area contributed by atoms with E-state index in [4.69, 9.17) is 16.3 Å². The summed E-state index contributed by atoms with van der Waals surface area (Å²) in [5.74, 6) is 0.302. The first-order chi connectivity index (χ1) is 10.1. The molecule has 1 aliphatic rings. The van der Waals surface area contributed by atoms with Crippen molar-refractivity contribution in [2.24, 2.45) is 0 Å². The van der Waals surface area contributed by atoms with Crippen LogP contribution in [0.5, 0.6) is 0 Å². The quantitative estimate of drug-likeness (QED) is 0.625. The second-order valence-electron chi connectivity index (χ2n) is 5.09. The Morgan fingerprint density at radius 2 is 2.00 bits per heavy atom. The van der Waals surface area contributed by atoms with Crippen molar-refractivity contribution < 1.29 is 9.53 Å². The van der Waals surface area contributed by atoms with E-state index in [1.807, 2.05) is 6.92 Å². The van der Waals surface area contributed by atoms with Crippen molar-refractivity contribution in [3.05, 3.63) is 15.6 Å². The Balaban J connectivity index is 2.09. The zero-order valence-electron chi connectivity index (χ0n) is 12.0. The number of rotatable bonds is 2. The van der Waals surface area contributed by atoms with Gasteiger partial charge in [0.05, 0.1) is 12.5 Å². The molecule has 2 aromatic rings. The number of aromatic nitrogens is 2. The first-order valence-electron chi connectivity index (χ1n) is 6.91. The number of aryl methyl sites for hydroxylation is 1. The molecule has 1 saturated heterocycles. The minimum absolute atomic E-state index is 0.355.